The number of rotatable bonds is 6. The van der Waals surface area contributed by atoms with E-state index in [4.69, 9.17) is 0 Å². The van der Waals surface area contributed by atoms with E-state index >= 15 is 0 Å². The summed E-state index contributed by atoms with van der Waals surface area (Å²) < 4.78 is 13.6. The third kappa shape index (κ3) is 3.41. The third-order valence-electron chi connectivity index (χ3n) is 2.71. The zero-order chi connectivity index (χ0) is 13.7. The molecule has 0 radical (unpaired) electrons. The van der Waals surface area contributed by atoms with E-state index < -0.39 is 5.82 Å². The molecule has 2 aromatic rings. The number of hydrogen-bond donors (Lipinski definition) is 2. The Morgan fingerprint density at radius 2 is 2.16 bits per heavy atom. The van der Waals surface area contributed by atoms with Gasteiger partial charge in [-0.25, -0.2) is 9.37 Å². The van der Waals surface area contributed by atoms with Gasteiger partial charge in [0.25, 0.3) is 0 Å². The first kappa shape index (κ1) is 13.7. The summed E-state index contributed by atoms with van der Waals surface area (Å²) in [7, 11) is 0. The number of aryl methyl sites for hydroxylation is 1. The average molecular weight is 280 g/mol. The van der Waals surface area contributed by atoms with Crippen LogP contribution in [0.3, 0.4) is 0 Å². The molecule has 0 bridgehead atoms. The van der Waals surface area contributed by atoms with E-state index in [1.54, 1.807) is 11.3 Å². The molecule has 2 aromatic heterocycles. The Kier molecular flexibility index (Phi) is 4.68. The van der Waals surface area contributed by atoms with E-state index in [0.717, 1.165) is 6.42 Å². The van der Waals surface area contributed by atoms with Gasteiger partial charge >= 0.3 is 0 Å². The van der Waals surface area contributed by atoms with Crippen molar-refractivity contribution < 1.29 is 4.39 Å². The normalized spacial score (nSPS) is 10.5. The third-order valence-corrected chi connectivity index (χ3v) is 3.68. The molecule has 0 saturated carbocycles. The highest BCUT2D eigenvalue weighted by molar-refractivity contribution is 7.10. The molecule has 0 amide bonds. The highest BCUT2D eigenvalue weighted by atomic mass is 32.1. The van der Waals surface area contributed by atoms with Crippen LogP contribution in [0.25, 0.3) is 0 Å². The predicted octanol–water partition coefficient (Wildman–Crippen LogP) is 3.28. The number of halogens is 1. The molecule has 0 atom stereocenters. The molecule has 2 N–H and O–H groups in total. The molecule has 0 fully saturated rings. The smallest absolute Gasteiger partial charge is 0.224 e. The monoisotopic (exact) mass is 280 g/mol. The summed E-state index contributed by atoms with van der Waals surface area (Å²) in [5.74, 6) is 0.242. The minimum atomic E-state index is -0.434. The molecule has 0 aliphatic carbocycles. The van der Waals surface area contributed by atoms with E-state index in [9.17, 15) is 4.39 Å². The van der Waals surface area contributed by atoms with E-state index in [1.807, 2.05) is 6.92 Å². The van der Waals surface area contributed by atoms with Crippen molar-refractivity contribution in [3.05, 3.63) is 33.9 Å². The first-order valence-corrected chi connectivity index (χ1v) is 7.18. The average Bonchev–Trinajstić information content (AvgIpc) is 2.87. The summed E-state index contributed by atoms with van der Waals surface area (Å²) in [6.45, 7) is 5.34. The molecule has 2 heterocycles. The molecule has 0 aliphatic heterocycles. The maximum absolute atomic E-state index is 13.6. The van der Waals surface area contributed by atoms with Crippen LogP contribution < -0.4 is 10.6 Å². The van der Waals surface area contributed by atoms with Crippen LogP contribution >= 0.6 is 11.3 Å². The molecule has 0 unspecified atom stereocenters. The second kappa shape index (κ2) is 6.47. The van der Waals surface area contributed by atoms with Crippen LogP contribution in [0.5, 0.6) is 0 Å². The molecular weight excluding hydrogens is 263 g/mol. The predicted molar refractivity (Wildman–Crippen MR) is 77.2 cm³/mol. The van der Waals surface area contributed by atoms with Crippen LogP contribution in [0.1, 0.15) is 24.3 Å². The lowest BCUT2D eigenvalue weighted by Gasteiger charge is -2.08. The number of nitrogens with zero attached hydrogens (tertiary/aromatic N) is 2. The first-order chi connectivity index (χ1) is 9.24. The van der Waals surface area contributed by atoms with Gasteiger partial charge in [-0.1, -0.05) is 6.92 Å². The Bertz CT molecular complexity index is 541. The molecule has 102 valence electrons. The molecule has 0 spiro atoms. The maximum Gasteiger partial charge on any atom is 0.224 e. The van der Waals surface area contributed by atoms with Crippen molar-refractivity contribution in [1.82, 2.24) is 9.97 Å². The summed E-state index contributed by atoms with van der Waals surface area (Å²) >= 11 is 1.67. The van der Waals surface area contributed by atoms with Gasteiger partial charge in [0.15, 0.2) is 11.6 Å². The van der Waals surface area contributed by atoms with Gasteiger partial charge in [-0.15, -0.1) is 11.3 Å². The molecule has 0 aliphatic rings. The Labute approximate surface area is 116 Å². The largest absolute Gasteiger partial charge is 0.363 e. The molecule has 0 saturated heterocycles. The van der Waals surface area contributed by atoms with E-state index in [2.05, 4.69) is 39.0 Å². The van der Waals surface area contributed by atoms with Gasteiger partial charge in [0.1, 0.15) is 0 Å². The SMILES string of the molecule is CCNc1ncc(F)c(NCc2sccc2CC)n1. The van der Waals surface area contributed by atoms with E-state index in [0.29, 0.717) is 19.0 Å². The Morgan fingerprint density at radius 3 is 2.89 bits per heavy atom. The number of hydrogen-bond acceptors (Lipinski definition) is 5. The van der Waals surface area contributed by atoms with Crippen molar-refractivity contribution in [2.75, 3.05) is 17.2 Å². The zero-order valence-corrected chi connectivity index (χ0v) is 11.9. The Balaban J connectivity index is 2.08. The minimum Gasteiger partial charge on any atom is -0.363 e. The van der Waals surface area contributed by atoms with Crippen LogP contribution in [0.2, 0.25) is 0 Å². The summed E-state index contributed by atoms with van der Waals surface area (Å²) in [5.41, 5.74) is 1.29. The van der Waals surface area contributed by atoms with Crippen LogP contribution in [-0.4, -0.2) is 16.5 Å². The number of aromatic nitrogens is 2. The molecule has 6 heteroatoms. The lowest BCUT2D eigenvalue weighted by atomic mass is 10.2. The van der Waals surface area contributed by atoms with Gasteiger partial charge in [-0.3, -0.25) is 0 Å². The fourth-order valence-corrected chi connectivity index (χ4v) is 2.65. The van der Waals surface area contributed by atoms with Gasteiger partial charge in [0.05, 0.1) is 12.7 Å². The minimum absolute atomic E-state index is 0.237. The molecular formula is C13H17FN4S. The van der Waals surface area contributed by atoms with Crippen molar-refractivity contribution in [2.24, 2.45) is 0 Å². The number of anilines is 2. The molecule has 4 nitrogen and oxygen atoms in total. The van der Waals surface area contributed by atoms with Crippen molar-refractivity contribution >= 4 is 23.1 Å². The standard InChI is InChI=1S/C13H17FN4S/c1-3-9-5-6-19-11(9)8-16-12-10(14)7-17-13(18-12)15-4-2/h5-7H,3-4,8H2,1-2H3,(H2,15,16,17,18). The fourth-order valence-electron chi connectivity index (χ4n) is 1.74. The van der Waals surface area contributed by atoms with Gasteiger partial charge in [-0.05, 0) is 30.4 Å². The van der Waals surface area contributed by atoms with Crippen LogP contribution in [-0.2, 0) is 13.0 Å². The zero-order valence-electron chi connectivity index (χ0n) is 11.0. The first-order valence-electron chi connectivity index (χ1n) is 6.30. The van der Waals surface area contributed by atoms with Gasteiger partial charge in [0.2, 0.25) is 5.95 Å². The van der Waals surface area contributed by atoms with Crippen molar-refractivity contribution in [3.63, 3.8) is 0 Å². The highest BCUT2D eigenvalue weighted by Gasteiger charge is 2.08. The molecule has 19 heavy (non-hydrogen) atoms. The van der Waals surface area contributed by atoms with Crippen molar-refractivity contribution in [3.8, 4) is 0 Å². The van der Waals surface area contributed by atoms with Crippen LogP contribution in [0.4, 0.5) is 16.2 Å². The summed E-state index contributed by atoms with van der Waals surface area (Å²) in [6, 6.07) is 2.10. The van der Waals surface area contributed by atoms with Crippen LogP contribution in [0.15, 0.2) is 17.6 Å². The van der Waals surface area contributed by atoms with E-state index in [-0.39, 0.29) is 5.82 Å². The lowest BCUT2D eigenvalue weighted by Crippen LogP contribution is -2.08. The molecule has 2 rings (SSSR count). The Morgan fingerprint density at radius 1 is 1.32 bits per heavy atom. The van der Waals surface area contributed by atoms with Crippen molar-refractivity contribution in [1.29, 1.82) is 0 Å². The summed E-state index contributed by atoms with van der Waals surface area (Å²) in [6.07, 6.45) is 2.16. The van der Waals surface area contributed by atoms with Crippen LogP contribution in [0, 0.1) is 5.82 Å². The fraction of sp³-hybridized carbons (Fsp3) is 0.385. The maximum atomic E-state index is 13.6. The van der Waals surface area contributed by atoms with E-state index in [1.165, 1.54) is 16.6 Å². The molecule has 0 aromatic carbocycles. The second-order valence-electron chi connectivity index (χ2n) is 4.00. The second-order valence-corrected chi connectivity index (χ2v) is 5.00. The van der Waals surface area contributed by atoms with Crippen molar-refractivity contribution in [2.45, 2.75) is 26.8 Å². The number of nitrogens with one attached hydrogen (secondary N) is 2. The van der Waals surface area contributed by atoms with Gasteiger partial charge < -0.3 is 10.6 Å². The quantitative estimate of drug-likeness (QED) is 0.852. The van der Waals surface area contributed by atoms with Gasteiger partial charge in [0, 0.05) is 11.4 Å². The van der Waals surface area contributed by atoms with Gasteiger partial charge in [-0.2, -0.15) is 4.98 Å². The summed E-state index contributed by atoms with van der Waals surface area (Å²) in [4.78, 5) is 9.20. The highest BCUT2D eigenvalue weighted by Crippen LogP contribution is 2.20. The number of thiophene rings is 1. The topological polar surface area (TPSA) is 49.8 Å². The lowest BCUT2D eigenvalue weighted by molar-refractivity contribution is 0.617. The Hall–Kier alpha value is -1.69. The summed E-state index contributed by atoms with van der Waals surface area (Å²) in [5, 5.41) is 8.05.